The van der Waals surface area contributed by atoms with Crippen molar-refractivity contribution < 1.29 is 0 Å². The van der Waals surface area contributed by atoms with E-state index in [1.165, 1.54) is 5.39 Å². The van der Waals surface area contributed by atoms with Crippen LogP contribution in [-0.2, 0) is 6.54 Å². The van der Waals surface area contributed by atoms with Gasteiger partial charge < -0.3 is 15.6 Å². The van der Waals surface area contributed by atoms with Gasteiger partial charge in [0, 0.05) is 28.1 Å². The molecule has 5 aromatic rings. The Labute approximate surface area is 165 Å². The van der Waals surface area contributed by atoms with Gasteiger partial charge in [0.15, 0.2) is 17.3 Å². The van der Waals surface area contributed by atoms with E-state index in [4.69, 9.17) is 11.6 Å². The zero-order valence-corrected chi connectivity index (χ0v) is 15.5. The fourth-order valence-electron chi connectivity index (χ4n) is 3.06. The van der Waals surface area contributed by atoms with Gasteiger partial charge in [0.05, 0.1) is 6.54 Å². The third-order valence-corrected chi connectivity index (χ3v) is 4.67. The fraction of sp³-hybridized carbons (Fsp3) is 0.0500. The van der Waals surface area contributed by atoms with Gasteiger partial charge in [-0.05, 0) is 53.9 Å². The van der Waals surface area contributed by atoms with Gasteiger partial charge >= 0.3 is 0 Å². The smallest absolute Gasteiger partial charge is 0.178 e. The summed E-state index contributed by atoms with van der Waals surface area (Å²) in [6.45, 7) is 0.501. The number of rotatable bonds is 5. The number of aromatic amines is 1. The van der Waals surface area contributed by atoms with Crippen molar-refractivity contribution in [2.75, 3.05) is 10.6 Å². The second kappa shape index (κ2) is 6.86. The lowest BCUT2D eigenvalue weighted by Gasteiger charge is -2.08. The van der Waals surface area contributed by atoms with Crippen LogP contribution in [0.5, 0.6) is 0 Å². The standard InChI is InChI=1S/C20H16ClN7/c21-14-2-1-3-16(10-14)24-18-6-7-19-25-26-20(28(19)27-18)12-23-15-5-4-13-8-9-22-17(13)11-15/h1-11,22-23H,12H2,(H,24,27). The molecule has 3 N–H and O–H groups in total. The van der Waals surface area contributed by atoms with Gasteiger partial charge in [-0.1, -0.05) is 23.7 Å². The number of nitrogens with one attached hydrogen (secondary N) is 3. The molecule has 3 heterocycles. The predicted molar refractivity (Wildman–Crippen MR) is 111 cm³/mol. The van der Waals surface area contributed by atoms with Gasteiger partial charge in [0.2, 0.25) is 0 Å². The van der Waals surface area contributed by atoms with Crippen LogP contribution < -0.4 is 10.6 Å². The molecule has 2 aromatic carbocycles. The second-order valence-electron chi connectivity index (χ2n) is 6.37. The van der Waals surface area contributed by atoms with Crippen molar-refractivity contribution in [2.24, 2.45) is 0 Å². The van der Waals surface area contributed by atoms with E-state index in [9.17, 15) is 0 Å². The van der Waals surface area contributed by atoms with Crippen LogP contribution in [0.4, 0.5) is 17.2 Å². The van der Waals surface area contributed by atoms with Crippen molar-refractivity contribution in [3.8, 4) is 0 Å². The van der Waals surface area contributed by atoms with E-state index in [2.05, 4.69) is 43.0 Å². The Morgan fingerprint density at radius 3 is 2.86 bits per heavy atom. The number of aromatic nitrogens is 5. The summed E-state index contributed by atoms with van der Waals surface area (Å²) in [4.78, 5) is 3.21. The van der Waals surface area contributed by atoms with Gasteiger partial charge in [-0.15, -0.1) is 15.3 Å². The molecule has 5 rings (SSSR count). The van der Waals surface area contributed by atoms with E-state index in [0.29, 0.717) is 23.0 Å². The molecule has 0 aliphatic carbocycles. The van der Waals surface area contributed by atoms with Crippen LogP contribution >= 0.6 is 11.6 Å². The number of hydrogen-bond acceptors (Lipinski definition) is 5. The average molecular weight is 390 g/mol. The molecular weight excluding hydrogens is 374 g/mol. The molecule has 0 saturated heterocycles. The van der Waals surface area contributed by atoms with E-state index >= 15 is 0 Å². The zero-order valence-electron chi connectivity index (χ0n) is 14.7. The lowest BCUT2D eigenvalue weighted by Crippen LogP contribution is -2.07. The Hall–Kier alpha value is -3.58. The molecule has 8 heteroatoms. The molecule has 0 atom stereocenters. The van der Waals surface area contributed by atoms with Gasteiger partial charge in [-0.25, -0.2) is 0 Å². The molecule has 0 radical (unpaired) electrons. The normalized spacial score (nSPS) is 11.2. The van der Waals surface area contributed by atoms with Crippen molar-refractivity contribution in [1.82, 2.24) is 24.8 Å². The van der Waals surface area contributed by atoms with Crippen LogP contribution in [0, 0.1) is 0 Å². The fourth-order valence-corrected chi connectivity index (χ4v) is 3.25. The summed E-state index contributed by atoms with van der Waals surface area (Å²) in [5.74, 6) is 1.40. The summed E-state index contributed by atoms with van der Waals surface area (Å²) < 4.78 is 1.73. The molecule has 0 spiro atoms. The van der Waals surface area contributed by atoms with Crippen LogP contribution in [0.25, 0.3) is 16.6 Å². The van der Waals surface area contributed by atoms with E-state index in [1.807, 2.05) is 54.7 Å². The highest BCUT2D eigenvalue weighted by Gasteiger charge is 2.08. The summed E-state index contributed by atoms with van der Waals surface area (Å²) in [6.07, 6.45) is 1.93. The third-order valence-electron chi connectivity index (χ3n) is 4.43. The molecule has 7 nitrogen and oxygen atoms in total. The molecule has 0 fully saturated rings. The van der Waals surface area contributed by atoms with Crippen LogP contribution in [0.15, 0.2) is 66.9 Å². The molecule has 0 saturated carbocycles. The lowest BCUT2D eigenvalue weighted by atomic mass is 10.2. The van der Waals surface area contributed by atoms with Gasteiger partial charge in [0.1, 0.15) is 0 Å². The first-order chi connectivity index (χ1) is 13.7. The van der Waals surface area contributed by atoms with E-state index < -0.39 is 0 Å². The summed E-state index contributed by atoms with van der Waals surface area (Å²) in [6, 6.07) is 19.5. The maximum Gasteiger partial charge on any atom is 0.178 e. The number of halogens is 1. The highest BCUT2D eigenvalue weighted by Crippen LogP contribution is 2.20. The Morgan fingerprint density at radius 1 is 0.964 bits per heavy atom. The van der Waals surface area contributed by atoms with Gasteiger partial charge in [-0.3, -0.25) is 0 Å². The molecular formula is C20H16ClN7. The van der Waals surface area contributed by atoms with Gasteiger partial charge in [0.25, 0.3) is 0 Å². The zero-order chi connectivity index (χ0) is 18.9. The highest BCUT2D eigenvalue weighted by molar-refractivity contribution is 6.30. The number of H-pyrrole nitrogens is 1. The number of hydrogen-bond donors (Lipinski definition) is 3. The molecule has 0 unspecified atom stereocenters. The first kappa shape index (κ1) is 16.6. The molecule has 138 valence electrons. The molecule has 0 bridgehead atoms. The van der Waals surface area contributed by atoms with Crippen LogP contribution in [-0.4, -0.2) is 24.8 Å². The summed E-state index contributed by atoms with van der Waals surface area (Å²) >= 11 is 6.05. The van der Waals surface area contributed by atoms with E-state index in [-0.39, 0.29) is 0 Å². The third kappa shape index (κ3) is 3.23. The Bertz CT molecular complexity index is 1270. The van der Waals surface area contributed by atoms with Crippen molar-refractivity contribution in [3.63, 3.8) is 0 Å². The maximum absolute atomic E-state index is 6.05. The quantitative estimate of drug-likeness (QED) is 0.408. The maximum atomic E-state index is 6.05. The topological polar surface area (TPSA) is 82.9 Å². The van der Waals surface area contributed by atoms with Crippen molar-refractivity contribution in [1.29, 1.82) is 0 Å². The number of benzene rings is 2. The summed E-state index contributed by atoms with van der Waals surface area (Å²) in [5.41, 5.74) is 3.64. The highest BCUT2D eigenvalue weighted by atomic mass is 35.5. The lowest BCUT2D eigenvalue weighted by molar-refractivity contribution is 0.832. The summed E-state index contributed by atoms with van der Waals surface area (Å²) in [5, 5.41) is 21.5. The summed E-state index contributed by atoms with van der Waals surface area (Å²) in [7, 11) is 0. The Morgan fingerprint density at radius 2 is 1.93 bits per heavy atom. The van der Waals surface area contributed by atoms with Crippen LogP contribution in [0.1, 0.15) is 5.82 Å². The molecule has 0 aliphatic rings. The van der Waals surface area contributed by atoms with Crippen LogP contribution in [0.3, 0.4) is 0 Å². The number of anilines is 3. The van der Waals surface area contributed by atoms with Crippen molar-refractivity contribution in [2.45, 2.75) is 6.54 Å². The minimum atomic E-state index is 0.501. The van der Waals surface area contributed by atoms with Gasteiger partial charge in [-0.2, -0.15) is 4.52 Å². The second-order valence-corrected chi connectivity index (χ2v) is 6.81. The Kier molecular flexibility index (Phi) is 4.06. The monoisotopic (exact) mass is 389 g/mol. The molecule has 28 heavy (non-hydrogen) atoms. The van der Waals surface area contributed by atoms with Crippen LogP contribution in [0.2, 0.25) is 5.02 Å². The molecule has 3 aromatic heterocycles. The largest absolute Gasteiger partial charge is 0.378 e. The molecule has 0 amide bonds. The van der Waals surface area contributed by atoms with E-state index in [0.717, 1.165) is 22.7 Å². The first-order valence-corrected chi connectivity index (χ1v) is 9.17. The number of nitrogens with zero attached hydrogens (tertiary/aromatic N) is 4. The average Bonchev–Trinajstić information content (AvgIpc) is 3.32. The minimum Gasteiger partial charge on any atom is -0.378 e. The van der Waals surface area contributed by atoms with Crippen molar-refractivity contribution >= 4 is 45.3 Å². The first-order valence-electron chi connectivity index (χ1n) is 8.79. The Balaban J connectivity index is 1.38. The minimum absolute atomic E-state index is 0.501. The van der Waals surface area contributed by atoms with Crippen molar-refractivity contribution in [3.05, 3.63) is 77.7 Å². The number of fused-ring (bicyclic) bond motifs is 2. The van der Waals surface area contributed by atoms with E-state index in [1.54, 1.807) is 4.52 Å². The predicted octanol–water partition coefficient (Wildman–Crippen LogP) is 4.61. The SMILES string of the molecule is Clc1cccc(Nc2ccc3nnc(CNc4ccc5cc[nH]c5c4)n3n2)c1. The molecule has 0 aliphatic heterocycles.